The van der Waals surface area contributed by atoms with E-state index in [-0.39, 0.29) is 5.97 Å². The van der Waals surface area contributed by atoms with Crippen molar-refractivity contribution in [1.29, 1.82) is 0 Å². The van der Waals surface area contributed by atoms with Gasteiger partial charge in [-0.05, 0) is 57.9 Å². The van der Waals surface area contributed by atoms with Gasteiger partial charge in [-0.15, -0.1) is 0 Å². The number of ether oxygens (including phenoxy) is 1. The van der Waals surface area contributed by atoms with Crippen LogP contribution in [0.4, 0.5) is 0 Å². The van der Waals surface area contributed by atoms with Crippen molar-refractivity contribution in [3.63, 3.8) is 0 Å². The first kappa shape index (κ1) is 18.0. The Morgan fingerprint density at radius 3 is 2.71 bits per heavy atom. The number of aromatic nitrogens is 1. The van der Waals surface area contributed by atoms with Crippen molar-refractivity contribution < 1.29 is 19.2 Å². The van der Waals surface area contributed by atoms with Crippen molar-refractivity contribution in [2.24, 2.45) is 0 Å². The van der Waals surface area contributed by atoms with E-state index in [0.717, 1.165) is 16.5 Å². The highest BCUT2D eigenvalue weighted by molar-refractivity contribution is 5.95. The van der Waals surface area contributed by atoms with Crippen LogP contribution in [0.1, 0.15) is 43.6 Å². The number of aromatic amines is 1. The molecule has 0 bridgehead atoms. The number of hydrogen-bond donors (Lipinski definition) is 1. The molecule has 6 heteroatoms. The Kier molecular flexibility index (Phi) is 5.62. The van der Waals surface area contributed by atoms with Gasteiger partial charge < -0.3 is 9.72 Å². The molecule has 6 nitrogen and oxygen atoms in total. The molecule has 0 saturated carbocycles. The number of hydrogen-bond acceptors (Lipinski definition) is 4. The average molecular weight is 332 g/mol. The predicted molar refractivity (Wildman–Crippen MR) is 91.6 cm³/mol. The summed E-state index contributed by atoms with van der Waals surface area (Å²) in [6.45, 7) is 8.22. The molecule has 0 aliphatic rings. The number of hydroxylamine groups is 2. The lowest BCUT2D eigenvalue weighted by Crippen LogP contribution is -2.34. The quantitative estimate of drug-likeness (QED) is 0.480. The first-order valence-corrected chi connectivity index (χ1v) is 8.02. The zero-order valence-corrected chi connectivity index (χ0v) is 14.6. The Balaban J connectivity index is 2.15. The number of H-pyrrole nitrogens is 1. The van der Waals surface area contributed by atoms with Crippen LogP contribution in [0.15, 0.2) is 24.4 Å². The van der Waals surface area contributed by atoms with E-state index in [4.69, 9.17) is 9.57 Å². The topological polar surface area (TPSA) is 71.6 Å². The monoisotopic (exact) mass is 332 g/mol. The molecule has 1 N–H and O–H groups in total. The smallest absolute Gasteiger partial charge is 0.338 e. The van der Waals surface area contributed by atoms with Crippen LogP contribution in [0.25, 0.3) is 10.9 Å². The van der Waals surface area contributed by atoms with Crippen molar-refractivity contribution in [2.75, 3.05) is 13.2 Å². The predicted octanol–water partition coefficient (Wildman–Crippen LogP) is 3.08. The Hall–Kier alpha value is -2.34. The van der Waals surface area contributed by atoms with Gasteiger partial charge in [0.05, 0.1) is 24.3 Å². The van der Waals surface area contributed by atoms with Crippen molar-refractivity contribution in [1.82, 2.24) is 10.0 Å². The van der Waals surface area contributed by atoms with Crippen molar-refractivity contribution in [3.05, 3.63) is 35.5 Å². The number of benzene rings is 1. The molecule has 24 heavy (non-hydrogen) atoms. The molecule has 130 valence electrons. The molecule has 0 unspecified atom stereocenters. The van der Waals surface area contributed by atoms with E-state index >= 15 is 0 Å². The van der Waals surface area contributed by atoms with Crippen LogP contribution in [-0.4, -0.2) is 41.2 Å². The number of rotatable bonds is 7. The first-order chi connectivity index (χ1) is 11.3. The maximum atomic E-state index is 11.9. The summed E-state index contributed by atoms with van der Waals surface area (Å²) < 4.78 is 5.04. The zero-order chi connectivity index (χ0) is 17.7. The third-order valence-electron chi connectivity index (χ3n) is 3.39. The molecule has 0 spiro atoms. The number of amides is 1. The van der Waals surface area contributed by atoms with E-state index in [1.807, 2.05) is 39.1 Å². The minimum atomic E-state index is -0.432. The van der Waals surface area contributed by atoms with Crippen LogP contribution in [0.5, 0.6) is 0 Å². The second-order valence-corrected chi connectivity index (χ2v) is 6.49. The number of nitrogens with zero attached hydrogens (tertiary/aromatic N) is 1. The lowest BCUT2D eigenvalue weighted by molar-refractivity contribution is -0.215. The third-order valence-corrected chi connectivity index (χ3v) is 3.39. The summed E-state index contributed by atoms with van der Waals surface area (Å²) in [6.07, 6.45) is 3.19. The van der Waals surface area contributed by atoms with Crippen LogP contribution >= 0.6 is 0 Å². The van der Waals surface area contributed by atoms with Crippen LogP contribution in [0.3, 0.4) is 0 Å². The lowest BCUT2D eigenvalue weighted by atomic mass is 10.1. The summed E-state index contributed by atoms with van der Waals surface area (Å²) >= 11 is 0. The molecular formula is C18H24N2O4. The molecule has 1 heterocycles. The minimum Gasteiger partial charge on any atom is -0.462 e. The SMILES string of the molecule is CCOC(=O)c1ccc2[nH]cc(CCN(C=O)OC(C)(C)C)c2c1. The van der Waals surface area contributed by atoms with E-state index in [1.54, 1.807) is 13.0 Å². The zero-order valence-electron chi connectivity index (χ0n) is 14.6. The second kappa shape index (κ2) is 7.49. The van der Waals surface area contributed by atoms with Crippen LogP contribution in [-0.2, 0) is 20.8 Å². The van der Waals surface area contributed by atoms with Crippen molar-refractivity contribution >= 4 is 23.3 Å². The van der Waals surface area contributed by atoms with Gasteiger partial charge in [0.2, 0.25) is 6.41 Å². The Morgan fingerprint density at radius 1 is 1.33 bits per heavy atom. The maximum Gasteiger partial charge on any atom is 0.338 e. The fraction of sp³-hybridized carbons (Fsp3) is 0.444. The fourth-order valence-corrected chi connectivity index (χ4v) is 2.43. The summed E-state index contributed by atoms with van der Waals surface area (Å²) in [6, 6.07) is 5.41. The molecule has 0 aliphatic heterocycles. The lowest BCUT2D eigenvalue weighted by Gasteiger charge is -2.26. The molecule has 1 amide bonds. The summed E-state index contributed by atoms with van der Waals surface area (Å²) in [7, 11) is 0. The molecule has 0 aliphatic carbocycles. The summed E-state index contributed by atoms with van der Waals surface area (Å²) in [5, 5.41) is 2.25. The highest BCUT2D eigenvalue weighted by Gasteiger charge is 2.17. The van der Waals surface area contributed by atoms with Crippen molar-refractivity contribution in [2.45, 2.75) is 39.7 Å². The van der Waals surface area contributed by atoms with Crippen molar-refractivity contribution in [3.8, 4) is 0 Å². The van der Waals surface area contributed by atoms with Crippen LogP contribution in [0, 0.1) is 0 Å². The molecule has 1 aromatic heterocycles. The van der Waals surface area contributed by atoms with E-state index in [2.05, 4.69) is 4.98 Å². The van der Waals surface area contributed by atoms with E-state index in [1.165, 1.54) is 5.06 Å². The van der Waals surface area contributed by atoms with Crippen LogP contribution < -0.4 is 0 Å². The third kappa shape index (κ3) is 4.58. The maximum absolute atomic E-state index is 11.9. The van der Waals surface area contributed by atoms with Crippen LogP contribution in [0.2, 0.25) is 0 Å². The summed E-state index contributed by atoms with van der Waals surface area (Å²) in [5.41, 5.74) is 2.04. The first-order valence-electron chi connectivity index (χ1n) is 8.02. The van der Waals surface area contributed by atoms with E-state index in [0.29, 0.717) is 31.5 Å². The molecule has 0 saturated heterocycles. The largest absolute Gasteiger partial charge is 0.462 e. The molecular weight excluding hydrogens is 308 g/mol. The molecule has 1 aromatic carbocycles. The highest BCUT2D eigenvalue weighted by Crippen LogP contribution is 2.21. The molecule has 2 aromatic rings. The molecule has 0 fully saturated rings. The molecule has 0 atom stereocenters. The molecule has 2 rings (SSSR count). The Labute approximate surface area is 141 Å². The Morgan fingerprint density at radius 2 is 2.08 bits per heavy atom. The summed E-state index contributed by atoms with van der Waals surface area (Å²) in [5.74, 6) is -0.336. The second-order valence-electron chi connectivity index (χ2n) is 6.49. The van der Waals surface area contributed by atoms with Gasteiger partial charge in [0.25, 0.3) is 0 Å². The van der Waals surface area contributed by atoms with Gasteiger partial charge in [-0.25, -0.2) is 9.86 Å². The van der Waals surface area contributed by atoms with Gasteiger partial charge in [-0.2, -0.15) is 0 Å². The van der Waals surface area contributed by atoms with Gasteiger partial charge in [-0.3, -0.25) is 9.63 Å². The number of carbonyl (C=O) groups is 2. The summed E-state index contributed by atoms with van der Waals surface area (Å²) in [4.78, 5) is 31.8. The number of carbonyl (C=O) groups excluding carboxylic acids is 2. The van der Waals surface area contributed by atoms with Gasteiger partial charge in [0, 0.05) is 17.1 Å². The van der Waals surface area contributed by atoms with Gasteiger partial charge in [0.1, 0.15) is 0 Å². The number of nitrogens with one attached hydrogen (secondary N) is 1. The number of fused-ring (bicyclic) bond motifs is 1. The number of esters is 1. The van der Waals surface area contributed by atoms with Gasteiger partial charge in [-0.1, -0.05) is 0 Å². The van der Waals surface area contributed by atoms with Gasteiger partial charge >= 0.3 is 5.97 Å². The average Bonchev–Trinajstić information content (AvgIpc) is 2.92. The highest BCUT2D eigenvalue weighted by atomic mass is 16.7. The van der Waals surface area contributed by atoms with Gasteiger partial charge in [0.15, 0.2) is 0 Å². The normalized spacial score (nSPS) is 11.5. The fourth-order valence-electron chi connectivity index (χ4n) is 2.43. The van der Waals surface area contributed by atoms with E-state index in [9.17, 15) is 9.59 Å². The Bertz CT molecular complexity index is 715. The molecule has 0 radical (unpaired) electrons. The van der Waals surface area contributed by atoms with E-state index < -0.39 is 5.60 Å². The minimum absolute atomic E-state index is 0.336. The standard InChI is InChI=1S/C18H24N2O4/c1-5-23-17(22)13-6-7-16-15(10-13)14(11-19-16)8-9-20(12-21)24-18(2,3)4/h6-7,10-12,19H,5,8-9H2,1-4H3.